The Morgan fingerprint density at radius 2 is 1.79 bits per heavy atom. The molecule has 3 rings (SSSR count). The second kappa shape index (κ2) is 7.25. The predicted molar refractivity (Wildman–Crippen MR) is 93.6 cm³/mol. The number of carbonyl (C=O) groups is 1. The van der Waals surface area contributed by atoms with Gasteiger partial charge in [0.2, 0.25) is 0 Å². The summed E-state index contributed by atoms with van der Waals surface area (Å²) >= 11 is 0. The minimum Gasteiger partial charge on any atom is -0.508 e. The van der Waals surface area contributed by atoms with Gasteiger partial charge in [-0.05, 0) is 31.2 Å². The van der Waals surface area contributed by atoms with E-state index in [2.05, 4.69) is 36.1 Å². The molecule has 0 aliphatic carbocycles. The fourth-order valence-corrected chi connectivity index (χ4v) is 2.78. The second-order valence-corrected chi connectivity index (χ2v) is 5.99. The Bertz CT molecular complexity index is 692. The molecule has 1 amide bonds. The topological polar surface area (TPSA) is 53.0 Å². The maximum absolute atomic E-state index is 12.3. The molecule has 2 aromatic rings. The molecule has 0 saturated carbocycles. The molecule has 5 heteroatoms. The summed E-state index contributed by atoms with van der Waals surface area (Å²) < 4.78 is 5.46. The lowest BCUT2D eigenvalue weighted by Crippen LogP contribution is -2.50. The molecule has 0 unspecified atom stereocenters. The molecule has 1 aliphatic heterocycles. The van der Waals surface area contributed by atoms with Crippen molar-refractivity contribution in [2.45, 2.75) is 6.92 Å². The number of amides is 1. The predicted octanol–water partition coefficient (Wildman–Crippen LogP) is 2.43. The number of phenols is 1. The Morgan fingerprint density at radius 3 is 2.46 bits per heavy atom. The highest BCUT2D eigenvalue weighted by Crippen LogP contribution is 2.19. The van der Waals surface area contributed by atoms with E-state index in [1.165, 1.54) is 17.3 Å². The Balaban J connectivity index is 1.49. The van der Waals surface area contributed by atoms with E-state index in [1.807, 2.05) is 4.90 Å². The van der Waals surface area contributed by atoms with Gasteiger partial charge in [0, 0.05) is 37.9 Å². The van der Waals surface area contributed by atoms with Gasteiger partial charge in [-0.3, -0.25) is 4.79 Å². The first-order valence-corrected chi connectivity index (χ1v) is 8.13. The van der Waals surface area contributed by atoms with Gasteiger partial charge in [0.25, 0.3) is 5.91 Å². The summed E-state index contributed by atoms with van der Waals surface area (Å²) in [5.74, 6) is 0.607. The Hall–Kier alpha value is -2.69. The van der Waals surface area contributed by atoms with Crippen molar-refractivity contribution in [2.24, 2.45) is 0 Å². The highest BCUT2D eigenvalue weighted by atomic mass is 16.5. The van der Waals surface area contributed by atoms with Gasteiger partial charge in [-0.1, -0.05) is 23.8 Å². The van der Waals surface area contributed by atoms with E-state index >= 15 is 0 Å². The van der Waals surface area contributed by atoms with Gasteiger partial charge in [-0.15, -0.1) is 0 Å². The standard InChI is InChI=1S/C19H22N2O3/c1-15-5-7-16(8-6-15)20-9-11-21(12-10-20)19(23)14-24-18-4-2-3-17(22)13-18/h2-8,13,22H,9-12,14H2,1H3. The molecule has 0 bridgehead atoms. The van der Waals surface area contributed by atoms with E-state index in [4.69, 9.17) is 4.74 Å². The van der Waals surface area contributed by atoms with Gasteiger partial charge < -0.3 is 19.6 Å². The first kappa shape index (κ1) is 16.2. The van der Waals surface area contributed by atoms with Crippen LogP contribution in [0.15, 0.2) is 48.5 Å². The van der Waals surface area contributed by atoms with Crippen molar-refractivity contribution < 1.29 is 14.6 Å². The number of rotatable bonds is 4. The van der Waals surface area contributed by atoms with E-state index in [9.17, 15) is 9.90 Å². The largest absolute Gasteiger partial charge is 0.508 e. The normalized spacial score (nSPS) is 14.5. The third-order valence-corrected chi connectivity index (χ3v) is 4.21. The zero-order valence-corrected chi connectivity index (χ0v) is 13.8. The molecule has 5 nitrogen and oxygen atoms in total. The number of nitrogens with zero attached hydrogens (tertiary/aromatic N) is 2. The van der Waals surface area contributed by atoms with Crippen molar-refractivity contribution >= 4 is 11.6 Å². The monoisotopic (exact) mass is 326 g/mol. The molecule has 24 heavy (non-hydrogen) atoms. The first-order valence-electron chi connectivity index (χ1n) is 8.13. The number of hydrogen-bond acceptors (Lipinski definition) is 4. The highest BCUT2D eigenvalue weighted by Gasteiger charge is 2.21. The summed E-state index contributed by atoms with van der Waals surface area (Å²) in [7, 11) is 0. The van der Waals surface area contributed by atoms with Crippen LogP contribution in [0.2, 0.25) is 0 Å². The molecule has 0 radical (unpaired) electrons. The van der Waals surface area contributed by atoms with Crippen molar-refractivity contribution in [3.63, 3.8) is 0 Å². The van der Waals surface area contributed by atoms with Gasteiger partial charge in [0.05, 0.1) is 0 Å². The lowest BCUT2D eigenvalue weighted by Gasteiger charge is -2.36. The Labute approximate surface area is 142 Å². The van der Waals surface area contributed by atoms with E-state index in [1.54, 1.807) is 18.2 Å². The Kier molecular flexibility index (Phi) is 4.89. The number of phenolic OH excluding ortho intramolecular Hbond substituents is 1. The SMILES string of the molecule is Cc1ccc(N2CCN(C(=O)COc3cccc(O)c3)CC2)cc1. The van der Waals surface area contributed by atoms with Crippen LogP contribution < -0.4 is 9.64 Å². The molecule has 1 saturated heterocycles. The van der Waals surface area contributed by atoms with E-state index in [-0.39, 0.29) is 18.3 Å². The summed E-state index contributed by atoms with van der Waals surface area (Å²) in [5, 5.41) is 9.40. The lowest BCUT2D eigenvalue weighted by atomic mass is 10.2. The highest BCUT2D eigenvalue weighted by molar-refractivity contribution is 5.78. The minimum atomic E-state index is -0.0260. The van der Waals surface area contributed by atoms with Crippen molar-refractivity contribution in [2.75, 3.05) is 37.7 Å². The van der Waals surface area contributed by atoms with Crippen LogP contribution in [-0.2, 0) is 4.79 Å². The maximum Gasteiger partial charge on any atom is 0.260 e. The molecule has 1 heterocycles. The molecule has 1 N–H and O–H groups in total. The average molecular weight is 326 g/mol. The summed E-state index contributed by atoms with van der Waals surface area (Å²) in [6.07, 6.45) is 0. The van der Waals surface area contributed by atoms with Gasteiger partial charge >= 0.3 is 0 Å². The molecule has 0 spiro atoms. The van der Waals surface area contributed by atoms with E-state index in [0.717, 1.165) is 13.1 Å². The van der Waals surface area contributed by atoms with Crippen LogP contribution in [0.25, 0.3) is 0 Å². The molecule has 1 fully saturated rings. The number of benzene rings is 2. The molecular weight excluding hydrogens is 304 g/mol. The van der Waals surface area contributed by atoms with Gasteiger partial charge in [-0.2, -0.15) is 0 Å². The Morgan fingerprint density at radius 1 is 1.08 bits per heavy atom. The van der Waals surface area contributed by atoms with Crippen LogP contribution in [0.3, 0.4) is 0 Å². The van der Waals surface area contributed by atoms with Crippen LogP contribution in [-0.4, -0.2) is 48.7 Å². The number of piperazine rings is 1. The fraction of sp³-hybridized carbons (Fsp3) is 0.316. The number of aryl methyl sites for hydroxylation is 1. The molecule has 0 atom stereocenters. The van der Waals surface area contributed by atoms with Crippen molar-refractivity contribution in [3.8, 4) is 11.5 Å². The third-order valence-electron chi connectivity index (χ3n) is 4.21. The van der Waals surface area contributed by atoms with Gasteiger partial charge in [0.15, 0.2) is 6.61 Å². The van der Waals surface area contributed by atoms with Gasteiger partial charge in [-0.25, -0.2) is 0 Å². The second-order valence-electron chi connectivity index (χ2n) is 5.99. The van der Waals surface area contributed by atoms with Crippen molar-refractivity contribution in [1.29, 1.82) is 0 Å². The van der Waals surface area contributed by atoms with Crippen LogP contribution in [0.1, 0.15) is 5.56 Å². The summed E-state index contributed by atoms with van der Waals surface area (Å²) in [5.41, 5.74) is 2.44. The number of anilines is 1. The quantitative estimate of drug-likeness (QED) is 0.937. The fourth-order valence-electron chi connectivity index (χ4n) is 2.78. The zero-order valence-electron chi connectivity index (χ0n) is 13.8. The molecule has 0 aromatic heterocycles. The zero-order chi connectivity index (χ0) is 16.9. The van der Waals surface area contributed by atoms with E-state index in [0.29, 0.717) is 18.8 Å². The van der Waals surface area contributed by atoms with Gasteiger partial charge in [0.1, 0.15) is 11.5 Å². The smallest absolute Gasteiger partial charge is 0.260 e. The van der Waals surface area contributed by atoms with Crippen LogP contribution in [0.5, 0.6) is 11.5 Å². The van der Waals surface area contributed by atoms with Crippen molar-refractivity contribution in [1.82, 2.24) is 4.90 Å². The molecular formula is C19H22N2O3. The minimum absolute atomic E-state index is 0.00597. The molecule has 1 aliphatic rings. The number of ether oxygens (including phenoxy) is 1. The third kappa shape index (κ3) is 3.98. The number of hydrogen-bond donors (Lipinski definition) is 1. The first-order chi connectivity index (χ1) is 11.6. The average Bonchev–Trinajstić information content (AvgIpc) is 2.61. The summed E-state index contributed by atoms with van der Waals surface area (Å²) in [6, 6.07) is 14.9. The molecule has 126 valence electrons. The van der Waals surface area contributed by atoms with E-state index < -0.39 is 0 Å². The maximum atomic E-state index is 12.3. The lowest BCUT2D eigenvalue weighted by molar-refractivity contribution is -0.133. The summed E-state index contributed by atoms with van der Waals surface area (Å²) in [6.45, 7) is 5.09. The van der Waals surface area contributed by atoms with Crippen molar-refractivity contribution in [3.05, 3.63) is 54.1 Å². The van der Waals surface area contributed by atoms with Crippen LogP contribution >= 0.6 is 0 Å². The number of carbonyl (C=O) groups excluding carboxylic acids is 1. The van der Waals surface area contributed by atoms with Crippen LogP contribution in [0, 0.1) is 6.92 Å². The summed E-state index contributed by atoms with van der Waals surface area (Å²) in [4.78, 5) is 16.4. The molecule has 2 aromatic carbocycles. The van der Waals surface area contributed by atoms with Crippen LogP contribution in [0.4, 0.5) is 5.69 Å². The number of aromatic hydroxyl groups is 1.